The Hall–Kier alpha value is -1.91. The van der Waals surface area contributed by atoms with Crippen LogP contribution < -0.4 is 5.73 Å². The molecule has 2 aromatic rings. The molecule has 5 nitrogen and oxygen atoms in total. The van der Waals surface area contributed by atoms with Gasteiger partial charge in [0.05, 0.1) is 5.56 Å². The summed E-state index contributed by atoms with van der Waals surface area (Å²) in [5.74, 6) is 1.55. The first-order valence-electron chi connectivity index (χ1n) is 4.84. The first-order chi connectivity index (χ1) is 7.31. The van der Waals surface area contributed by atoms with Gasteiger partial charge in [-0.1, -0.05) is 12.1 Å². The van der Waals surface area contributed by atoms with E-state index in [1.165, 1.54) is 0 Å². The van der Waals surface area contributed by atoms with E-state index in [9.17, 15) is 0 Å². The molecule has 0 radical (unpaired) electrons. The first-order valence-corrected chi connectivity index (χ1v) is 4.84. The van der Waals surface area contributed by atoms with Gasteiger partial charge in [0.25, 0.3) is 5.89 Å². The molecule has 0 saturated carbocycles. The molecule has 0 amide bonds. The highest BCUT2D eigenvalue weighted by Gasteiger charge is 2.10. The largest absolute Gasteiger partial charge is 0.383 e. The topological polar surface area (TPSA) is 77.8 Å². The number of nitrogens with two attached hydrogens (primary N) is 1. The van der Waals surface area contributed by atoms with Crippen LogP contribution >= 0.6 is 0 Å². The number of pyridine rings is 1. The zero-order valence-electron chi connectivity index (χ0n) is 8.47. The van der Waals surface area contributed by atoms with E-state index in [2.05, 4.69) is 22.0 Å². The normalized spacial score (nSPS) is 10.5. The minimum absolute atomic E-state index is 0.407. The molecule has 0 bridgehead atoms. The zero-order valence-corrected chi connectivity index (χ0v) is 8.47. The third-order valence-electron chi connectivity index (χ3n) is 2.01. The molecular weight excluding hydrogens is 192 g/mol. The van der Waals surface area contributed by atoms with Crippen LogP contribution in [0.5, 0.6) is 0 Å². The van der Waals surface area contributed by atoms with Crippen molar-refractivity contribution >= 4 is 5.82 Å². The van der Waals surface area contributed by atoms with Crippen LogP contribution in [0.4, 0.5) is 5.82 Å². The molecule has 0 saturated heterocycles. The fraction of sp³-hybridized carbons (Fsp3) is 0.300. The van der Waals surface area contributed by atoms with Crippen molar-refractivity contribution in [3.05, 3.63) is 24.2 Å². The van der Waals surface area contributed by atoms with Crippen LogP contribution in [0.1, 0.15) is 19.2 Å². The van der Waals surface area contributed by atoms with Gasteiger partial charge in [0, 0.05) is 12.6 Å². The molecule has 78 valence electrons. The molecule has 0 aromatic carbocycles. The van der Waals surface area contributed by atoms with Crippen LogP contribution in [0, 0.1) is 0 Å². The molecule has 2 aromatic heterocycles. The Balaban J connectivity index is 2.33. The summed E-state index contributed by atoms with van der Waals surface area (Å²) >= 11 is 0. The van der Waals surface area contributed by atoms with Gasteiger partial charge in [0.15, 0.2) is 5.82 Å². The molecule has 0 aliphatic rings. The second kappa shape index (κ2) is 4.08. The highest BCUT2D eigenvalue weighted by atomic mass is 16.5. The molecular formula is C10H12N4O. The van der Waals surface area contributed by atoms with Crippen molar-refractivity contribution in [3.63, 3.8) is 0 Å². The first kappa shape index (κ1) is 9.64. The van der Waals surface area contributed by atoms with E-state index in [-0.39, 0.29) is 0 Å². The SMILES string of the molecule is CCCc1noc(-c2cccnc2N)n1. The number of aromatic nitrogens is 3. The van der Waals surface area contributed by atoms with Gasteiger partial charge in [-0.15, -0.1) is 0 Å². The second-order valence-corrected chi connectivity index (χ2v) is 3.20. The summed E-state index contributed by atoms with van der Waals surface area (Å²) in [5, 5.41) is 3.85. The number of hydrogen-bond donors (Lipinski definition) is 1. The van der Waals surface area contributed by atoms with Crippen molar-refractivity contribution in [3.8, 4) is 11.5 Å². The maximum Gasteiger partial charge on any atom is 0.261 e. The van der Waals surface area contributed by atoms with Gasteiger partial charge in [-0.25, -0.2) is 4.98 Å². The van der Waals surface area contributed by atoms with E-state index in [0.717, 1.165) is 12.8 Å². The number of anilines is 1. The third kappa shape index (κ3) is 1.96. The standard InChI is InChI=1S/C10H12N4O/c1-2-4-8-13-10(15-14-8)7-5-3-6-12-9(7)11/h3,5-6H,2,4H2,1H3,(H2,11,12). The molecule has 2 heterocycles. The summed E-state index contributed by atoms with van der Waals surface area (Å²) in [4.78, 5) is 8.19. The number of aryl methyl sites for hydroxylation is 1. The molecule has 2 N–H and O–H groups in total. The van der Waals surface area contributed by atoms with Gasteiger partial charge in [0.2, 0.25) is 0 Å². The maximum atomic E-state index is 5.70. The van der Waals surface area contributed by atoms with Crippen molar-refractivity contribution in [1.29, 1.82) is 0 Å². The van der Waals surface area contributed by atoms with Crippen LogP contribution in [-0.2, 0) is 6.42 Å². The van der Waals surface area contributed by atoms with Gasteiger partial charge < -0.3 is 10.3 Å². The van der Waals surface area contributed by atoms with Gasteiger partial charge >= 0.3 is 0 Å². The van der Waals surface area contributed by atoms with Gasteiger partial charge in [-0.3, -0.25) is 0 Å². The molecule has 0 atom stereocenters. The van der Waals surface area contributed by atoms with Crippen LogP contribution in [0.25, 0.3) is 11.5 Å². The molecule has 0 spiro atoms. The highest BCUT2D eigenvalue weighted by Crippen LogP contribution is 2.21. The monoisotopic (exact) mass is 204 g/mol. The highest BCUT2D eigenvalue weighted by molar-refractivity contribution is 5.66. The lowest BCUT2D eigenvalue weighted by Crippen LogP contribution is -1.93. The van der Waals surface area contributed by atoms with E-state index >= 15 is 0 Å². The average Bonchev–Trinajstić information content (AvgIpc) is 2.68. The smallest absolute Gasteiger partial charge is 0.261 e. The van der Waals surface area contributed by atoms with Crippen LogP contribution in [0.3, 0.4) is 0 Å². The van der Waals surface area contributed by atoms with E-state index in [4.69, 9.17) is 10.3 Å². The van der Waals surface area contributed by atoms with E-state index < -0.39 is 0 Å². The Morgan fingerprint density at radius 2 is 2.33 bits per heavy atom. The molecule has 5 heteroatoms. The minimum Gasteiger partial charge on any atom is -0.383 e. The lowest BCUT2D eigenvalue weighted by molar-refractivity contribution is 0.422. The van der Waals surface area contributed by atoms with Crippen LogP contribution in [0.2, 0.25) is 0 Å². The van der Waals surface area contributed by atoms with Crippen molar-refractivity contribution in [2.45, 2.75) is 19.8 Å². The van der Waals surface area contributed by atoms with Crippen molar-refractivity contribution in [1.82, 2.24) is 15.1 Å². The fourth-order valence-electron chi connectivity index (χ4n) is 1.29. The second-order valence-electron chi connectivity index (χ2n) is 3.20. The Bertz CT molecular complexity index is 452. The molecule has 2 rings (SSSR count). The number of nitrogen functional groups attached to an aromatic ring is 1. The molecule has 15 heavy (non-hydrogen) atoms. The minimum atomic E-state index is 0.407. The molecule has 0 unspecified atom stereocenters. The summed E-state index contributed by atoms with van der Waals surface area (Å²) in [7, 11) is 0. The summed E-state index contributed by atoms with van der Waals surface area (Å²) in [6, 6.07) is 3.60. The lowest BCUT2D eigenvalue weighted by atomic mass is 10.2. The Morgan fingerprint density at radius 1 is 1.47 bits per heavy atom. The van der Waals surface area contributed by atoms with Crippen molar-refractivity contribution < 1.29 is 4.52 Å². The number of rotatable bonds is 3. The van der Waals surface area contributed by atoms with E-state index in [0.29, 0.717) is 23.1 Å². The summed E-state index contributed by atoms with van der Waals surface area (Å²) < 4.78 is 5.10. The summed E-state index contributed by atoms with van der Waals surface area (Å²) in [5.41, 5.74) is 6.38. The zero-order chi connectivity index (χ0) is 10.7. The predicted octanol–water partition coefficient (Wildman–Crippen LogP) is 1.67. The number of hydrogen-bond acceptors (Lipinski definition) is 5. The van der Waals surface area contributed by atoms with E-state index in [1.54, 1.807) is 12.3 Å². The maximum absolute atomic E-state index is 5.70. The molecule has 0 aliphatic heterocycles. The van der Waals surface area contributed by atoms with Crippen LogP contribution in [-0.4, -0.2) is 15.1 Å². The Labute approximate surface area is 87.3 Å². The van der Waals surface area contributed by atoms with Gasteiger partial charge in [0.1, 0.15) is 5.82 Å². The van der Waals surface area contributed by atoms with Gasteiger partial charge in [-0.05, 0) is 18.6 Å². The van der Waals surface area contributed by atoms with Crippen molar-refractivity contribution in [2.75, 3.05) is 5.73 Å². The number of nitrogens with zero attached hydrogens (tertiary/aromatic N) is 3. The summed E-state index contributed by atoms with van der Waals surface area (Å²) in [6.45, 7) is 2.06. The van der Waals surface area contributed by atoms with E-state index in [1.807, 2.05) is 6.07 Å². The Morgan fingerprint density at radius 3 is 3.07 bits per heavy atom. The van der Waals surface area contributed by atoms with Crippen LogP contribution in [0.15, 0.2) is 22.9 Å². The summed E-state index contributed by atoms with van der Waals surface area (Å²) in [6.07, 6.45) is 3.42. The molecule has 0 fully saturated rings. The average molecular weight is 204 g/mol. The Kier molecular flexibility index (Phi) is 2.62. The van der Waals surface area contributed by atoms with Gasteiger partial charge in [-0.2, -0.15) is 4.98 Å². The lowest BCUT2D eigenvalue weighted by Gasteiger charge is -1.96. The quantitative estimate of drug-likeness (QED) is 0.822. The predicted molar refractivity (Wildman–Crippen MR) is 55.9 cm³/mol. The molecule has 0 aliphatic carbocycles. The van der Waals surface area contributed by atoms with Crippen molar-refractivity contribution in [2.24, 2.45) is 0 Å². The third-order valence-corrected chi connectivity index (χ3v) is 2.01. The fourth-order valence-corrected chi connectivity index (χ4v) is 1.29.